The summed E-state index contributed by atoms with van der Waals surface area (Å²) < 4.78 is 0. The number of benzene rings is 2. The average Bonchev–Trinajstić information content (AvgIpc) is 2.88. The molecule has 0 aromatic heterocycles. The Hall–Kier alpha value is -2.66. The monoisotopic (exact) mass is 503 g/mol. The van der Waals surface area contributed by atoms with E-state index in [1.807, 2.05) is 0 Å². The van der Waals surface area contributed by atoms with Crippen LogP contribution in [0.25, 0.3) is 0 Å². The molecule has 2 fully saturated rings. The molecule has 2 aromatic carbocycles. The van der Waals surface area contributed by atoms with E-state index in [1.54, 1.807) is 0 Å². The quantitative estimate of drug-likeness (QED) is 0.495. The number of piperazine rings is 1. The van der Waals surface area contributed by atoms with Crippen molar-refractivity contribution in [2.75, 3.05) is 19.6 Å². The molecule has 2 amide bonds. The summed E-state index contributed by atoms with van der Waals surface area (Å²) in [7, 11) is 0. The lowest BCUT2D eigenvalue weighted by Gasteiger charge is -2.46. The SMILES string of the molecule is CC(C)[C@H]1CN(C(c2ccccc2)c2ccccc2)CCN1C(=O)CC1CCCCC(CC(N)=O)CC1. The van der Waals surface area contributed by atoms with Crippen LogP contribution in [0, 0.1) is 17.8 Å². The first-order chi connectivity index (χ1) is 17.9. The van der Waals surface area contributed by atoms with Gasteiger partial charge in [0, 0.05) is 38.5 Å². The van der Waals surface area contributed by atoms with Crippen LogP contribution >= 0.6 is 0 Å². The van der Waals surface area contributed by atoms with Crippen LogP contribution in [0.1, 0.15) is 82.4 Å². The fourth-order valence-corrected chi connectivity index (χ4v) is 6.51. The predicted molar refractivity (Wildman–Crippen MR) is 150 cm³/mol. The Bertz CT molecular complexity index is 954. The molecule has 2 unspecified atom stereocenters. The number of rotatable bonds is 8. The van der Waals surface area contributed by atoms with Crippen LogP contribution in [0.4, 0.5) is 0 Å². The predicted octanol–water partition coefficient (Wildman–Crippen LogP) is 5.80. The van der Waals surface area contributed by atoms with Crippen molar-refractivity contribution in [3.05, 3.63) is 71.8 Å². The highest BCUT2D eigenvalue weighted by Gasteiger charge is 2.36. The van der Waals surface area contributed by atoms with Gasteiger partial charge in [-0.3, -0.25) is 14.5 Å². The van der Waals surface area contributed by atoms with Crippen molar-refractivity contribution >= 4 is 11.8 Å². The first-order valence-corrected chi connectivity index (χ1v) is 14.3. The Balaban J connectivity index is 1.45. The zero-order valence-electron chi connectivity index (χ0n) is 22.7. The standard InChI is InChI=1S/C32H45N3O2/c1-24(2)29-23-34(32(27-13-5-3-6-14-27)28-15-7-4-8-16-28)19-20-35(29)31(37)22-26-12-10-9-11-25(17-18-26)21-30(33)36/h3-8,13-16,24-26,29,32H,9-12,17-23H2,1-2H3,(H2,33,36)/t25?,26?,29-/m1/s1. The number of amides is 2. The third-order valence-corrected chi connectivity index (χ3v) is 8.55. The molecular weight excluding hydrogens is 458 g/mol. The van der Waals surface area contributed by atoms with Crippen molar-refractivity contribution in [2.24, 2.45) is 23.5 Å². The fourth-order valence-electron chi connectivity index (χ4n) is 6.51. The maximum atomic E-state index is 13.7. The van der Waals surface area contributed by atoms with Gasteiger partial charge in [0.15, 0.2) is 0 Å². The van der Waals surface area contributed by atoms with Crippen molar-refractivity contribution in [3.8, 4) is 0 Å². The summed E-state index contributed by atoms with van der Waals surface area (Å²) in [5.41, 5.74) is 8.08. The van der Waals surface area contributed by atoms with Crippen LogP contribution in [-0.4, -0.2) is 47.3 Å². The van der Waals surface area contributed by atoms with E-state index in [1.165, 1.54) is 11.1 Å². The van der Waals surface area contributed by atoms with Crippen LogP contribution in [0.5, 0.6) is 0 Å². The third kappa shape index (κ3) is 7.44. The van der Waals surface area contributed by atoms with E-state index in [0.29, 0.717) is 36.5 Å². The molecule has 2 aliphatic rings. The van der Waals surface area contributed by atoms with Gasteiger partial charge in [-0.2, -0.15) is 0 Å². The zero-order valence-corrected chi connectivity index (χ0v) is 22.7. The Morgan fingerprint density at radius 2 is 1.35 bits per heavy atom. The summed E-state index contributed by atoms with van der Waals surface area (Å²) in [6.45, 7) is 7.02. The van der Waals surface area contributed by atoms with E-state index >= 15 is 0 Å². The molecule has 1 aliphatic heterocycles. The highest BCUT2D eigenvalue weighted by molar-refractivity contribution is 5.77. The summed E-state index contributed by atoms with van der Waals surface area (Å²) in [6, 6.07) is 21.9. The van der Waals surface area contributed by atoms with E-state index in [4.69, 9.17) is 5.73 Å². The molecule has 1 saturated heterocycles. The third-order valence-electron chi connectivity index (χ3n) is 8.55. The lowest BCUT2D eigenvalue weighted by molar-refractivity contribution is -0.139. The van der Waals surface area contributed by atoms with Gasteiger partial charge in [-0.05, 0) is 54.6 Å². The largest absolute Gasteiger partial charge is 0.370 e. The molecule has 2 N–H and O–H groups in total. The van der Waals surface area contributed by atoms with E-state index in [-0.39, 0.29) is 18.0 Å². The molecule has 1 aliphatic carbocycles. The summed E-state index contributed by atoms with van der Waals surface area (Å²) >= 11 is 0. The molecule has 37 heavy (non-hydrogen) atoms. The number of carbonyl (C=O) groups is 2. The summed E-state index contributed by atoms with van der Waals surface area (Å²) in [5, 5.41) is 0. The molecular formula is C32H45N3O2. The van der Waals surface area contributed by atoms with Crippen LogP contribution in [0.3, 0.4) is 0 Å². The van der Waals surface area contributed by atoms with E-state index in [9.17, 15) is 9.59 Å². The van der Waals surface area contributed by atoms with Gasteiger partial charge in [-0.1, -0.05) is 87.4 Å². The molecule has 200 valence electrons. The topological polar surface area (TPSA) is 66.6 Å². The first-order valence-electron chi connectivity index (χ1n) is 14.3. The minimum atomic E-state index is -0.194. The second-order valence-electron chi connectivity index (χ2n) is 11.6. The molecule has 5 heteroatoms. The molecule has 3 atom stereocenters. The van der Waals surface area contributed by atoms with E-state index < -0.39 is 0 Å². The number of carbonyl (C=O) groups excluding carboxylic acids is 2. The van der Waals surface area contributed by atoms with Crippen LogP contribution in [0.2, 0.25) is 0 Å². The molecule has 2 aromatic rings. The Morgan fingerprint density at radius 1 is 0.811 bits per heavy atom. The second-order valence-corrected chi connectivity index (χ2v) is 11.6. The molecule has 0 bridgehead atoms. The smallest absolute Gasteiger partial charge is 0.223 e. The molecule has 4 rings (SSSR count). The van der Waals surface area contributed by atoms with Gasteiger partial charge in [-0.15, -0.1) is 0 Å². The second kappa shape index (κ2) is 13.2. The molecule has 0 radical (unpaired) electrons. The van der Waals surface area contributed by atoms with Gasteiger partial charge in [0.2, 0.25) is 11.8 Å². The van der Waals surface area contributed by atoms with Crippen molar-refractivity contribution in [3.63, 3.8) is 0 Å². The minimum Gasteiger partial charge on any atom is -0.370 e. The number of nitrogens with two attached hydrogens (primary N) is 1. The molecule has 1 heterocycles. The number of hydrogen-bond donors (Lipinski definition) is 1. The van der Waals surface area contributed by atoms with Crippen molar-refractivity contribution in [1.82, 2.24) is 9.80 Å². The highest BCUT2D eigenvalue weighted by Crippen LogP contribution is 2.34. The van der Waals surface area contributed by atoms with Crippen molar-refractivity contribution in [1.29, 1.82) is 0 Å². The lowest BCUT2D eigenvalue weighted by Crippen LogP contribution is -2.58. The summed E-state index contributed by atoms with van der Waals surface area (Å²) in [6.07, 6.45) is 7.64. The summed E-state index contributed by atoms with van der Waals surface area (Å²) in [5.74, 6) is 1.30. The van der Waals surface area contributed by atoms with E-state index in [2.05, 4.69) is 84.3 Å². The van der Waals surface area contributed by atoms with Gasteiger partial charge in [0.1, 0.15) is 0 Å². The van der Waals surface area contributed by atoms with Gasteiger partial charge < -0.3 is 10.6 Å². The maximum absolute atomic E-state index is 13.7. The van der Waals surface area contributed by atoms with Crippen LogP contribution in [0.15, 0.2) is 60.7 Å². The Labute approximate surface area is 223 Å². The Kier molecular flexibility index (Phi) is 9.79. The van der Waals surface area contributed by atoms with Gasteiger partial charge >= 0.3 is 0 Å². The molecule has 1 saturated carbocycles. The average molecular weight is 504 g/mol. The number of primary amides is 1. The lowest BCUT2D eigenvalue weighted by atomic mass is 9.82. The minimum absolute atomic E-state index is 0.189. The molecule has 5 nitrogen and oxygen atoms in total. The highest BCUT2D eigenvalue weighted by atomic mass is 16.2. The Morgan fingerprint density at radius 3 is 1.86 bits per heavy atom. The fraction of sp³-hybridized carbons (Fsp3) is 0.562. The first kappa shape index (κ1) is 27.4. The normalized spacial score (nSPS) is 23.6. The number of hydrogen-bond acceptors (Lipinski definition) is 3. The molecule has 0 spiro atoms. The van der Waals surface area contributed by atoms with E-state index in [0.717, 1.165) is 58.2 Å². The maximum Gasteiger partial charge on any atom is 0.223 e. The zero-order chi connectivity index (χ0) is 26.2. The van der Waals surface area contributed by atoms with Crippen molar-refractivity contribution < 1.29 is 9.59 Å². The number of nitrogens with zero attached hydrogens (tertiary/aromatic N) is 2. The van der Waals surface area contributed by atoms with Crippen LogP contribution in [-0.2, 0) is 9.59 Å². The van der Waals surface area contributed by atoms with Gasteiger partial charge in [0.25, 0.3) is 0 Å². The van der Waals surface area contributed by atoms with Crippen molar-refractivity contribution in [2.45, 2.75) is 77.3 Å². The van der Waals surface area contributed by atoms with Gasteiger partial charge in [-0.25, -0.2) is 0 Å². The summed E-state index contributed by atoms with van der Waals surface area (Å²) in [4.78, 5) is 29.9. The van der Waals surface area contributed by atoms with Gasteiger partial charge in [0.05, 0.1) is 6.04 Å². The van der Waals surface area contributed by atoms with Crippen LogP contribution < -0.4 is 5.73 Å².